The van der Waals surface area contributed by atoms with Crippen molar-refractivity contribution in [3.05, 3.63) is 84.3 Å². The largest absolute Gasteiger partial charge is 0.496 e. The second-order valence-electron chi connectivity index (χ2n) is 7.10. The van der Waals surface area contributed by atoms with Crippen LogP contribution in [0.4, 0.5) is 5.82 Å². The van der Waals surface area contributed by atoms with Gasteiger partial charge in [0, 0.05) is 34.9 Å². The number of nitrogens with zero attached hydrogens (tertiary/aromatic N) is 1. The van der Waals surface area contributed by atoms with Crippen LogP contribution in [0.1, 0.15) is 18.1 Å². The molecule has 0 aliphatic heterocycles. The van der Waals surface area contributed by atoms with E-state index in [1.165, 1.54) is 5.56 Å². The smallest absolute Gasteiger partial charge is 0.249 e. The van der Waals surface area contributed by atoms with Crippen molar-refractivity contribution in [1.82, 2.24) is 4.98 Å². The molecule has 5 heteroatoms. The zero-order valence-corrected chi connectivity index (χ0v) is 17.1. The minimum atomic E-state index is -0.251. The number of methoxy groups -OCH3 is 1. The lowest BCUT2D eigenvalue weighted by molar-refractivity contribution is -0.111. The highest BCUT2D eigenvalue weighted by atomic mass is 16.5. The fourth-order valence-corrected chi connectivity index (χ4v) is 3.36. The van der Waals surface area contributed by atoms with E-state index in [9.17, 15) is 4.79 Å². The molecule has 5 nitrogen and oxygen atoms in total. The molecule has 2 heterocycles. The van der Waals surface area contributed by atoms with Gasteiger partial charge in [-0.25, -0.2) is 4.98 Å². The first kappa shape index (κ1) is 19.5. The summed E-state index contributed by atoms with van der Waals surface area (Å²) in [6, 6.07) is 17.5. The van der Waals surface area contributed by atoms with Gasteiger partial charge in [0.25, 0.3) is 0 Å². The average molecular weight is 398 g/mol. The summed E-state index contributed by atoms with van der Waals surface area (Å²) in [7, 11) is 1.61. The number of carbonyl (C=O) groups is 1. The molecule has 0 fully saturated rings. The van der Waals surface area contributed by atoms with Crippen molar-refractivity contribution < 1.29 is 13.9 Å². The Kier molecular flexibility index (Phi) is 5.35. The Labute approximate surface area is 175 Å². The first-order valence-corrected chi connectivity index (χ1v) is 9.62. The molecule has 2 aromatic carbocycles. The van der Waals surface area contributed by atoms with Gasteiger partial charge in [0.2, 0.25) is 5.91 Å². The van der Waals surface area contributed by atoms with Crippen LogP contribution in [0.3, 0.4) is 0 Å². The van der Waals surface area contributed by atoms with Crippen LogP contribution in [0.5, 0.6) is 5.75 Å². The molecule has 0 bridgehead atoms. The molecule has 1 amide bonds. The number of aryl methyl sites for hydroxylation is 1. The normalized spacial score (nSPS) is 11.5. The predicted octanol–water partition coefficient (Wildman–Crippen LogP) is 5.85. The summed E-state index contributed by atoms with van der Waals surface area (Å²) < 4.78 is 11.3. The van der Waals surface area contributed by atoms with Gasteiger partial charge in [-0.3, -0.25) is 4.79 Å². The minimum Gasteiger partial charge on any atom is -0.496 e. The topological polar surface area (TPSA) is 64.4 Å². The standard InChI is InChI=1S/C25H22N2O3/c1-16-7-9-18(10-8-16)21-15-30-23-14-22(29-3)19(13-20(21)23)17(2)12-25(28)27-24-6-4-5-11-26-24/h4-15H,1-3H3,(H,26,27,28)/b17-12+. The van der Waals surface area contributed by atoms with Gasteiger partial charge in [-0.2, -0.15) is 0 Å². The molecule has 30 heavy (non-hydrogen) atoms. The van der Waals surface area contributed by atoms with E-state index in [0.717, 1.165) is 33.2 Å². The number of hydrogen-bond acceptors (Lipinski definition) is 4. The van der Waals surface area contributed by atoms with Crippen LogP contribution >= 0.6 is 0 Å². The first-order valence-electron chi connectivity index (χ1n) is 9.62. The highest BCUT2D eigenvalue weighted by Gasteiger charge is 2.15. The number of carbonyl (C=O) groups excluding carboxylic acids is 1. The van der Waals surface area contributed by atoms with Gasteiger partial charge in [0.05, 0.1) is 13.4 Å². The summed E-state index contributed by atoms with van der Waals surface area (Å²) in [4.78, 5) is 16.6. The number of fused-ring (bicyclic) bond motifs is 1. The lowest BCUT2D eigenvalue weighted by Gasteiger charge is -2.10. The Balaban J connectivity index is 1.72. The van der Waals surface area contributed by atoms with Gasteiger partial charge < -0.3 is 14.5 Å². The van der Waals surface area contributed by atoms with E-state index in [2.05, 4.69) is 41.5 Å². The predicted molar refractivity (Wildman–Crippen MR) is 119 cm³/mol. The van der Waals surface area contributed by atoms with Crippen LogP contribution in [0.25, 0.3) is 27.7 Å². The summed E-state index contributed by atoms with van der Waals surface area (Å²) in [6.45, 7) is 3.94. The number of amides is 1. The number of aromatic nitrogens is 1. The summed E-state index contributed by atoms with van der Waals surface area (Å²) in [5.74, 6) is 0.899. The molecule has 0 aliphatic rings. The Morgan fingerprint density at radius 1 is 1.13 bits per heavy atom. The van der Waals surface area contributed by atoms with Crippen molar-refractivity contribution >= 4 is 28.3 Å². The van der Waals surface area contributed by atoms with Gasteiger partial charge in [-0.05, 0) is 43.2 Å². The van der Waals surface area contributed by atoms with E-state index in [-0.39, 0.29) is 5.91 Å². The number of anilines is 1. The Hall–Kier alpha value is -3.86. The first-order chi connectivity index (χ1) is 14.5. The third kappa shape index (κ3) is 3.96. The summed E-state index contributed by atoms with van der Waals surface area (Å²) >= 11 is 0. The van der Waals surface area contributed by atoms with Gasteiger partial charge in [0.1, 0.15) is 17.2 Å². The molecule has 4 rings (SSSR count). The summed E-state index contributed by atoms with van der Waals surface area (Å²) in [6.07, 6.45) is 4.93. The van der Waals surface area contributed by atoms with Gasteiger partial charge in [-0.1, -0.05) is 35.9 Å². The zero-order chi connectivity index (χ0) is 21.1. The molecule has 4 aromatic rings. The molecular formula is C25H22N2O3. The molecule has 0 atom stereocenters. The molecule has 150 valence electrons. The Morgan fingerprint density at radius 3 is 2.63 bits per heavy atom. The number of pyridine rings is 1. The van der Waals surface area contributed by atoms with Gasteiger partial charge >= 0.3 is 0 Å². The summed E-state index contributed by atoms with van der Waals surface area (Å²) in [5, 5.41) is 3.73. The van der Waals surface area contributed by atoms with Crippen molar-refractivity contribution in [2.45, 2.75) is 13.8 Å². The zero-order valence-electron chi connectivity index (χ0n) is 17.1. The van der Waals surface area contributed by atoms with Crippen LogP contribution in [0.2, 0.25) is 0 Å². The van der Waals surface area contributed by atoms with Crippen LogP contribution in [0, 0.1) is 6.92 Å². The molecule has 0 saturated carbocycles. The van der Waals surface area contributed by atoms with E-state index in [4.69, 9.17) is 9.15 Å². The van der Waals surface area contributed by atoms with E-state index < -0.39 is 0 Å². The lowest BCUT2D eigenvalue weighted by Crippen LogP contribution is -2.09. The molecule has 0 radical (unpaired) electrons. The van der Waals surface area contributed by atoms with E-state index in [1.54, 1.807) is 37.8 Å². The fourth-order valence-electron chi connectivity index (χ4n) is 3.36. The minimum absolute atomic E-state index is 0.251. The van der Waals surface area contributed by atoms with Crippen LogP contribution < -0.4 is 10.1 Å². The van der Waals surface area contributed by atoms with Crippen molar-refractivity contribution in [1.29, 1.82) is 0 Å². The molecule has 1 N–H and O–H groups in total. The van der Waals surface area contributed by atoms with Crippen molar-refractivity contribution in [3.63, 3.8) is 0 Å². The lowest BCUT2D eigenvalue weighted by atomic mass is 9.99. The molecular weight excluding hydrogens is 376 g/mol. The van der Waals surface area contributed by atoms with E-state index in [0.29, 0.717) is 11.6 Å². The van der Waals surface area contributed by atoms with Crippen molar-refractivity contribution in [2.24, 2.45) is 0 Å². The summed E-state index contributed by atoms with van der Waals surface area (Å²) in [5.41, 5.74) is 5.61. The SMILES string of the molecule is COc1cc2occ(-c3ccc(C)cc3)c2cc1/C(C)=C/C(=O)Nc1ccccn1. The number of hydrogen-bond donors (Lipinski definition) is 1. The Morgan fingerprint density at radius 2 is 1.93 bits per heavy atom. The number of rotatable bonds is 5. The third-order valence-electron chi connectivity index (χ3n) is 4.95. The maximum absolute atomic E-state index is 12.4. The second kappa shape index (κ2) is 8.25. The average Bonchev–Trinajstić information content (AvgIpc) is 3.16. The molecule has 0 saturated heterocycles. The van der Waals surface area contributed by atoms with Crippen molar-refractivity contribution in [2.75, 3.05) is 12.4 Å². The van der Waals surface area contributed by atoms with Crippen LogP contribution in [-0.2, 0) is 4.79 Å². The second-order valence-corrected chi connectivity index (χ2v) is 7.10. The quantitative estimate of drug-likeness (QED) is 0.428. The van der Waals surface area contributed by atoms with E-state index >= 15 is 0 Å². The molecule has 0 spiro atoms. The maximum Gasteiger partial charge on any atom is 0.249 e. The van der Waals surface area contributed by atoms with Gasteiger partial charge in [0.15, 0.2) is 0 Å². The van der Waals surface area contributed by atoms with Gasteiger partial charge in [-0.15, -0.1) is 0 Å². The maximum atomic E-state index is 12.4. The van der Waals surface area contributed by atoms with Crippen LogP contribution in [-0.4, -0.2) is 18.0 Å². The highest BCUT2D eigenvalue weighted by molar-refractivity contribution is 6.05. The monoisotopic (exact) mass is 398 g/mol. The van der Waals surface area contributed by atoms with Crippen LogP contribution in [0.15, 0.2) is 77.6 Å². The number of benzene rings is 2. The number of ether oxygens (including phenoxy) is 1. The Bertz CT molecular complexity index is 1220. The number of nitrogens with one attached hydrogen (secondary N) is 1. The molecule has 0 aliphatic carbocycles. The molecule has 2 aromatic heterocycles. The fraction of sp³-hybridized carbons (Fsp3) is 0.120. The number of furan rings is 1. The third-order valence-corrected chi connectivity index (χ3v) is 4.95. The highest BCUT2D eigenvalue weighted by Crippen LogP contribution is 2.37. The van der Waals surface area contributed by atoms with E-state index in [1.807, 2.05) is 25.1 Å². The van der Waals surface area contributed by atoms with Crippen molar-refractivity contribution in [3.8, 4) is 16.9 Å². The number of allylic oxidation sites excluding steroid dienone is 1. The molecule has 0 unspecified atom stereocenters.